The third kappa shape index (κ3) is 3.17. The average molecular weight is 145 g/mol. The van der Waals surface area contributed by atoms with Crippen molar-refractivity contribution in [3.05, 3.63) is 0 Å². The van der Waals surface area contributed by atoms with Gasteiger partial charge in [-0.15, -0.1) is 9.24 Å². The lowest BCUT2D eigenvalue weighted by Crippen LogP contribution is -2.13. The van der Waals surface area contributed by atoms with Crippen molar-refractivity contribution >= 4 is 9.24 Å². The molecule has 0 aromatic heterocycles. The van der Waals surface area contributed by atoms with Crippen LogP contribution >= 0.6 is 9.24 Å². The summed E-state index contributed by atoms with van der Waals surface area (Å²) in [4.78, 5) is 0. The van der Waals surface area contributed by atoms with Crippen molar-refractivity contribution < 1.29 is 0 Å². The number of rotatable bonds is 4. The molecule has 0 spiro atoms. The monoisotopic (exact) mass is 145 g/mol. The van der Waals surface area contributed by atoms with E-state index in [1.54, 1.807) is 0 Å². The summed E-state index contributed by atoms with van der Waals surface area (Å²) < 4.78 is 0. The van der Waals surface area contributed by atoms with Gasteiger partial charge in [-0.25, -0.2) is 0 Å². The largest absolute Gasteiger partial charge is 0.330 e. The first-order chi connectivity index (χ1) is 4.33. The maximum Gasteiger partial charge on any atom is -0.00142 e. The summed E-state index contributed by atoms with van der Waals surface area (Å²) in [7, 11) is 2.80. The minimum atomic E-state index is 0.672. The quantitative estimate of drug-likeness (QED) is 0.594. The highest BCUT2D eigenvalue weighted by atomic mass is 31.0. The first-order valence-corrected chi connectivity index (χ1v) is 4.45. The molecule has 1 aliphatic rings. The maximum atomic E-state index is 5.46. The van der Waals surface area contributed by atoms with Crippen LogP contribution in [0.4, 0.5) is 0 Å². The molecule has 54 valence electrons. The standard InChI is InChI=1S/C7H16NP/c8-5-7(9)4-3-6-1-2-6/h6-7H,1-5,8-9H2/t7-/m0/s1. The molecule has 0 aromatic carbocycles. The van der Waals surface area contributed by atoms with Gasteiger partial charge in [-0.1, -0.05) is 12.8 Å². The number of hydrogen-bond donors (Lipinski definition) is 1. The normalized spacial score (nSPS) is 22.0. The van der Waals surface area contributed by atoms with Crippen molar-refractivity contribution in [3.63, 3.8) is 0 Å². The first kappa shape index (κ1) is 7.50. The van der Waals surface area contributed by atoms with Crippen LogP contribution in [-0.4, -0.2) is 12.2 Å². The van der Waals surface area contributed by atoms with E-state index in [0.29, 0.717) is 5.66 Å². The molecule has 1 saturated carbocycles. The van der Waals surface area contributed by atoms with Crippen LogP contribution in [0.5, 0.6) is 0 Å². The fraction of sp³-hybridized carbons (Fsp3) is 1.00. The molecule has 1 unspecified atom stereocenters. The van der Waals surface area contributed by atoms with E-state index in [-0.39, 0.29) is 0 Å². The Balaban J connectivity index is 1.90. The summed E-state index contributed by atoms with van der Waals surface area (Å²) in [6.07, 6.45) is 5.67. The van der Waals surface area contributed by atoms with Gasteiger partial charge in [-0.05, 0) is 31.0 Å². The van der Waals surface area contributed by atoms with E-state index < -0.39 is 0 Å². The lowest BCUT2D eigenvalue weighted by Gasteiger charge is -2.05. The van der Waals surface area contributed by atoms with Crippen molar-refractivity contribution in [1.82, 2.24) is 0 Å². The number of nitrogens with two attached hydrogens (primary N) is 1. The van der Waals surface area contributed by atoms with Crippen LogP contribution in [0, 0.1) is 5.92 Å². The predicted octanol–water partition coefficient (Wildman–Crippen LogP) is 1.38. The van der Waals surface area contributed by atoms with Crippen LogP contribution in [0.2, 0.25) is 0 Å². The van der Waals surface area contributed by atoms with Crippen LogP contribution in [0.3, 0.4) is 0 Å². The second kappa shape index (κ2) is 3.53. The highest BCUT2D eigenvalue weighted by Gasteiger charge is 2.20. The predicted molar refractivity (Wildman–Crippen MR) is 44.5 cm³/mol. The summed E-state index contributed by atoms with van der Waals surface area (Å²) >= 11 is 0. The topological polar surface area (TPSA) is 26.0 Å². The first-order valence-electron chi connectivity index (χ1n) is 3.78. The lowest BCUT2D eigenvalue weighted by atomic mass is 10.2. The molecular formula is C7H16NP. The van der Waals surface area contributed by atoms with Crippen molar-refractivity contribution in [2.45, 2.75) is 31.3 Å². The molecule has 2 heteroatoms. The zero-order chi connectivity index (χ0) is 6.69. The van der Waals surface area contributed by atoms with E-state index in [1.807, 2.05) is 0 Å². The van der Waals surface area contributed by atoms with Gasteiger partial charge in [0.05, 0.1) is 0 Å². The van der Waals surface area contributed by atoms with E-state index in [4.69, 9.17) is 5.73 Å². The van der Waals surface area contributed by atoms with Crippen molar-refractivity contribution in [1.29, 1.82) is 0 Å². The van der Waals surface area contributed by atoms with Crippen LogP contribution < -0.4 is 5.73 Å². The Morgan fingerprint density at radius 1 is 1.56 bits per heavy atom. The second-order valence-corrected chi connectivity index (χ2v) is 3.96. The Hall–Kier alpha value is 0.390. The molecule has 0 aromatic rings. The zero-order valence-corrected chi connectivity index (χ0v) is 7.00. The van der Waals surface area contributed by atoms with Crippen LogP contribution in [0.15, 0.2) is 0 Å². The van der Waals surface area contributed by atoms with Gasteiger partial charge in [0.15, 0.2) is 0 Å². The average Bonchev–Trinajstić information content (AvgIpc) is 2.65. The summed E-state index contributed by atoms with van der Waals surface area (Å²) in [6, 6.07) is 0. The van der Waals surface area contributed by atoms with E-state index in [0.717, 1.165) is 12.5 Å². The maximum absolute atomic E-state index is 5.46. The minimum Gasteiger partial charge on any atom is -0.330 e. The van der Waals surface area contributed by atoms with Gasteiger partial charge < -0.3 is 5.73 Å². The minimum absolute atomic E-state index is 0.672. The van der Waals surface area contributed by atoms with Gasteiger partial charge in [0.2, 0.25) is 0 Å². The molecule has 9 heavy (non-hydrogen) atoms. The molecule has 0 saturated heterocycles. The third-order valence-corrected chi connectivity index (χ3v) is 2.55. The van der Waals surface area contributed by atoms with Crippen molar-refractivity contribution in [3.8, 4) is 0 Å². The SMILES string of the molecule is NC[C@@H](P)CCC1CC1. The van der Waals surface area contributed by atoms with Gasteiger partial charge >= 0.3 is 0 Å². The molecule has 0 aliphatic heterocycles. The fourth-order valence-electron chi connectivity index (χ4n) is 0.974. The smallest absolute Gasteiger partial charge is 0.00142 e. The van der Waals surface area contributed by atoms with Crippen LogP contribution in [-0.2, 0) is 0 Å². The summed E-state index contributed by atoms with van der Waals surface area (Å²) in [5, 5.41) is 0. The van der Waals surface area contributed by atoms with Crippen LogP contribution in [0.25, 0.3) is 0 Å². The second-order valence-electron chi connectivity index (χ2n) is 3.02. The highest BCUT2D eigenvalue weighted by Crippen LogP contribution is 2.34. The fourth-order valence-corrected chi connectivity index (χ4v) is 1.17. The molecule has 2 N–H and O–H groups in total. The Labute approximate surface area is 59.6 Å². The van der Waals surface area contributed by atoms with Gasteiger partial charge in [-0.2, -0.15) is 0 Å². The van der Waals surface area contributed by atoms with Crippen molar-refractivity contribution in [2.24, 2.45) is 11.7 Å². The molecule has 1 rings (SSSR count). The van der Waals surface area contributed by atoms with E-state index in [2.05, 4.69) is 9.24 Å². The van der Waals surface area contributed by atoms with Gasteiger partial charge in [0, 0.05) is 0 Å². The number of hydrogen-bond acceptors (Lipinski definition) is 1. The van der Waals surface area contributed by atoms with Crippen molar-refractivity contribution in [2.75, 3.05) is 6.54 Å². The molecule has 1 aliphatic carbocycles. The third-order valence-electron chi connectivity index (χ3n) is 1.95. The Kier molecular flexibility index (Phi) is 2.94. The molecule has 2 atom stereocenters. The molecular weight excluding hydrogens is 129 g/mol. The summed E-state index contributed by atoms with van der Waals surface area (Å²) in [5.74, 6) is 1.07. The van der Waals surface area contributed by atoms with E-state index in [1.165, 1.54) is 25.7 Å². The summed E-state index contributed by atoms with van der Waals surface area (Å²) in [6.45, 7) is 0.831. The Morgan fingerprint density at radius 3 is 2.67 bits per heavy atom. The summed E-state index contributed by atoms with van der Waals surface area (Å²) in [5.41, 5.74) is 6.13. The molecule has 0 heterocycles. The molecule has 1 nitrogen and oxygen atoms in total. The molecule has 0 amide bonds. The highest BCUT2D eigenvalue weighted by molar-refractivity contribution is 7.17. The van der Waals surface area contributed by atoms with Gasteiger partial charge in [0.25, 0.3) is 0 Å². The van der Waals surface area contributed by atoms with E-state index >= 15 is 0 Å². The lowest BCUT2D eigenvalue weighted by molar-refractivity contribution is 0.645. The molecule has 0 bridgehead atoms. The Morgan fingerprint density at radius 2 is 2.22 bits per heavy atom. The van der Waals surface area contributed by atoms with Crippen LogP contribution in [0.1, 0.15) is 25.7 Å². The Bertz CT molecular complexity index is 81.0. The van der Waals surface area contributed by atoms with Gasteiger partial charge in [-0.3, -0.25) is 0 Å². The molecule has 0 radical (unpaired) electrons. The van der Waals surface area contributed by atoms with E-state index in [9.17, 15) is 0 Å². The zero-order valence-electron chi connectivity index (χ0n) is 5.84. The molecule has 1 fully saturated rings. The van der Waals surface area contributed by atoms with Gasteiger partial charge in [0.1, 0.15) is 0 Å².